The van der Waals surface area contributed by atoms with Gasteiger partial charge in [0.2, 0.25) is 5.78 Å². The number of carbonyl (C=O) groups is 2. The fraction of sp³-hybridized carbons (Fsp3) is 0.125. The molecule has 0 spiro atoms. The molecule has 5 nitrogen and oxygen atoms in total. The highest BCUT2D eigenvalue weighted by atomic mass is 32.1. The van der Waals surface area contributed by atoms with Crippen molar-refractivity contribution < 1.29 is 19.4 Å². The molecule has 0 fully saturated rings. The Morgan fingerprint density at radius 1 is 1.32 bits per heavy atom. The summed E-state index contributed by atoms with van der Waals surface area (Å²) in [7, 11) is 1.54. The molecule has 112 valence electrons. The Labute approximate surface area is 130 Å². The minimum absolute atomic E-state index is 0.0701. The maximum Gasteiger partial charge on any atom is 0.287 e. The highest BCUT2D eigenvalue weighted by Gasteiger charge is 2.37. The third-order valence-corrected chi connectivity index (χ3v) is 4.32. The van der Waals surface area contributed by atoms with E-state index in [9.17, 15) is 14.7 Å². The summed E-state index contributed by atoms with van der Waals surface area (Å²) in [4.78, 5) is 24.8. The van der Waals surface area contributed by atoms with E-state index in [0.29, 0.717) is 16.2 Å². The van der Waals surface area contributed by atoms with Crippen LogP contribution in [0.4, 0.5) is 0 Å². The number of thiophene rings is 1. The molecule has 6 heteroatoms. The average molecular weight is 315 g/mol. The van der Waals surface area contributed by atoms with Crippen LogP contribution in [0.2, 0.25) is 0 Å². The molecule has 1 amide bonds. The van der Waals surface area contributed by atoms with Gasteiger partial charge in [0.05, 0.1) is 23.6 Å². The number of carbonyl (C=O) groups excluding carboxylic acids is 2. The third kappa shape index (κ3) is 2.37. The van der Waals surface area contributed by atoms with Gasteiger partial charge in [-0.05, 0) is 29.1 Å². The van der Waals surface area contributed by atoms with Gasteiger partial charge in [0.25, 0.3) is 5.91 Å². The predicted molar refractivity (Wildman–Crippen MR) is 82.2 cm³/mol. The highest BCUT2D eigenvalue weighted by molar-refractivity contribution is 7.12. The summed E-state index contributed by atoms with van der Waals surface area (Å²) in [5.41, 5.74) is 0.748. The standard InChI is InChI=1S/C16H13NO4S/c1-21-10-5-2-4-9(8-10)13-12(15(19)16(20)17-13)14(18)11-6-3-7-22-11/h2-8,13,19H,1H3,(H,17,20)/t13-/m0/s1. The van der Waals surface area contributed by atoms with E-state index in [1.807, 2.05) is 0 Å². The Morgan fingerprint density at radius 3 is 2.82 bits per heavy atom. The van der Waals surface area contributed by atoms with E-state index < -0.39 is 17.7 Å². The van der Waals surface area contributed by atoms with Crippen molar-refractivity contribution in [3.05, 3.63) is 63.6 Å². The lowest BCUT2D eigenvalue weighted by Crippen LogP contribution is -2.23. The van der Waals surface area contributed by atoms with Crippen LogP contribution in [-0.2, 0) is 4.79 Å². The second-order valence-corrected chi connectivity index (χ2v) is 5.70. The van der Waals surface area contributed by atoms with E-state index in [-0.39, 0.29) is 11.4 Å². The molecule has 0 saturated carbocycles. The summed E-state index contributed by atoms with van der Waals surface area (Å²) in [6.45, 7) is 0. The largest absolute Gasteiger partial charge is 0.503 e. The van der Waals surface area contributed by atoms with Gasteiger partial charge in [-0.1, -0.05) is 18.2 Å². The van der Waals surface area contributed by atoms with Crippen LogP contribution in [0.3, 0.4) is 0 Å². The van der Waals surface area contributed by atoms with Crippen LogP contribution >= 0.6 is 11.3 Å². The Hall–Kier alpha value is -2.60. The molecule has 1 aromatic carbocycles. The summed E-state index contributed by atoms with van der Waals surface area (Å²) in [5, 5.41) is 14.4. The molecule has 3 rings (SSSR count). The first kappa shape index (κ1) is 14.3. The number of amides is 1. The first-order valence-corrected chi connectivity index (χ1v) is 7.46. The minimum atomic E-state index is -0.683. The fourth-order valence-electron chi connectivity index (χ4n) is 2.38. The van der Waals surface area contributed by atoms with E-state index >= 15 is 0 Å². The molecule has 22 heavy (non-hydrogen) atoms. The zero-order valence-electron chi connectivity index (χ0n) is 11.7. The number of aliphatic hydroxyl groups excluding tert-OH is 1. The monoisotopic (exact) mass is 315 g/mol. The molecule has 2 N–H and O–H groups in total. The Balaban J connectivity index is 2.04. The first-order valence-electron chi connectivity index (χ1n) is 6.58. The van der Waals surface area contributed by atoms with Crippen LogP contribution in [0.5, 0.6) is 5.75 Å². The number of ether oxygens (including phenoxy) is 1. The van der Waals surface area contributed by atoms with Crippen molar-refractivity contribution in [1.29, 1.82) is 0 Å². The minimum Gasteiger partial charge on any atom is -0.503 e. The summed E-state index contributed by atoms with van der Waals surface area (Å²) < 4.78 is 5.16. The number of rotatable bonds is 4. The number of methoxy groups -OCH3 is 1. The van der Waals surface area contributed by atoms with Crippen molar-refractivity contribution in [1.82, 2.24) is 5.32 Å². The van der Waals surface area contributed by atoms with Gasteiger partial charge in [0.1, 0.15) is 5.75 Å². The van der Waals surface area contributed by atoms with Gasteiger partial charge in [0.15, 0.2) is 5.76 Å². The molecule has 1 atom stereocenters. The van der Waals surface area contributed by atoms with Crippen LogP contribution in [0.25, 0.3) is 0 Å². The van der Waals surface area contributed by atoms with Gasteiger partial charge in [-0.25, -0.2) is 0 Å². The maximum absolute atomic E-state index is 12.6. The molecule has 0 aliphatic carbocycles. The van der Waals surface area contributed by atoms with Crippen molar-refractivity contribution in [2.75, 3.05) is 7.11 Å². The van der Waals surface area contributed by atoms with E-state index in [1.165, 1.54) is 18.4 Å². The first-order chi connectivity index (χ1) is 10.6. The van der Waals surface area contributed by atoms with E-state index in [1.54, 1.807) is 41.8 Å². The van der Waals surface area contributed by atoms with E-state index in [0.717, 1.165) is 0 Å². The van der Waals surface area contributed by atoms with Crippen molar-refractivity contribution in [2.24, 2.45) is 0 Å². The zero-order valence-corrected chi connectivity index (χ0v) is 12.5. The molecule has 0 unspecified atom stereocenters. The maximum atomic E-state index is 12.6. The van der Waals surface area contributed by atoms with E-state index in [4.69, 9.17) is 4.74 Å². The van der Waals surface area contributed by atoms with Gasteiger partial charge < -0.3 is 15.2 Å². The summed E-state index contributed by atoms with van der Waals surface area (Å²) >= 11 is 1.27. The number of Topliss-reactive ketones (excluding diaryl/α,β-unsaturated/α-hetero) is 1. The zero-order chi connectivity index (χ0) is 15.7. The number of hydrogen-bond donors (Lipinski definition) is 2. The molecule has 0 radical (unpaired) electrons. The quantitative estimate of drug-likeness (QED) is 0.851. The molecular weight excluding hydrogens is 302 g/mol. The van der Waals surface area contributed by atoms with Crippen LogP contribution in [0.15, 0.2) is 53.1 Å². The van der Waals surface area contributed by atoms with Crippen molar-refractivity contribution in [2.45, 2.75) is 6.04 Å². The highest BCUT2D eigenvalue weighted by Crippen LogP contribution is 2.33. The predicted octanol–water partition coefficient (Wildman–Crippen LogP) is 2.62. The van der Waals surface area contributed by atoms with Gasteiger partial charge in [0, 0.05) is 0 Å². The van der Waals surface area contributed by atoms with Gasteiger partial charge in [-0.3, -0.25) is 9.59 Å². The number of hydrogen-bond acceptors (Lipinski definition) is 5. The summed E-state index contributed by atoms with van der Waals surface area (Å²) in [6, 6.07) is 9.77. The molecule has 0 bridgehead atoms. The Bertz CT molecular complexity index is 764. The van der Waals surface area contributed by atoms with Gasteiger partial charge >= 0.3 is 0 Å². The normalized spacial score (nSPS) is 17.5. The van der Waals surface area contributed by atoms with Crippen molar-refractivity contribution in [3.63, 3.8) is 0 Å². The van der Waals surface area contributed by atoms with Gasteiger partial charge in [-0.15, -0.1) is 11.3 Å². The Morgan fingerprint density at radius 2 is 2.14 bits per heavy atom. The molecule has 1 aromatic heterocycles. The third-order valence-electron chi connectivity index (χ3n) is 3.45. The summed E-state index contributed by atoms with van der Waals surface area (Å²) in [5.74, 6) is -0.904. The number of benzene rings is 1. The van der Waals surface area contributed by atoms with Crippen molar-refractivity contribution >= 4 is 23.0 Å². The second kappa shape index (κ2) is 5.65. The smallest absolute Gasteiger partial charge is 0.287 e. The lowest BCUT2D eigenvalue weighted by Gasteiger charge is -2.15. The number of ketones is 1. The second-order valence-electron chi connectivity index (χ2n) is 4.75. The number of nitrogens with one attached hydrogen (secondary N) is 1. The lowest BCUT2D eigenvalue weighted by molar-refractivity contribution is -0.119. The van der Waals surface area contributed by atoms with Crippen LogP contribution in [-0.4, -0.2) is 23.9 Å². The van der Waals surface area contributed by atoms with Gasteiger partial charge in [-0.2, -0.15) is 0 Å². The summed E-state index contributed by atoms with van der Waals surface area (Å²) in [6.07, 6.45) is 0. The van der Waals surface area contributed by atoms with Crippen LogP contribution in [0, 0.1) is 0 Å². The fourth-order valence-corrected chi connectivity index (χ4v) is 3.06. The molecular formula is C16H13NO4S. The van der Waals surface area contributed by atoms with Crippen molar-refractivity contribution in [3.8, 4) is 5.75 Å². The molecule has 2 aromatic rings. The topological polar surface area (TPSA) is 75.6 Å². The average Bonchev–Trinajstić information content (AvgIpc) is 3.16. The molecule has 2 heterocycles. The molecule has 1 aliphatic rings. The lowest BCUT2D eigenvalue weighted by atomic mass is 9.96. The van der Waals surface area contributed by atoms with Crippen LogP contribution < -0.4 is 10.1 Å². The molecule has 1 aliphatic heterocycles. The Kier molecular flexibility index (Phi) is 3.68. The van der Waals surface area contributed by atoms with E-state index in [2.05, 4.69) is 5.32 Å². The molecule has 0 saturated heterocycles. The number of aliphatic hydroxyl groups is 1. The SMILES string of the molecule is COc1cccc([C@@H]2NC(=O)C(O)=C2C(=O)c2cccs2)c1. The van der Waals surface area contributed by atoms with Crippen LogP contribution in [0.1, 0.15) is 21.3 Å².